The van der Waals surface area contributed by atoms with Crippen LogP contribution < -0.4 is 5.32 Å². The van der Waals surface area contributed by atoms with Gasteiger partial charge in [0.05, 0.1) is 23.4 Å². The van der Waals surface area contributed by atoms with E-state index >= 15 is 0 Å². The average Bonchev–Trinajstić information content (AvgIpc) is 3.48. The zero-order valence-electron chi connectivity index (χ0n) is 19.5. The maximum Gasteiger partial charge on any atom is 0.154 e. The molecule has 9 heteroatoms. The third-order valence-electron chi connectivity index (χ3n) is 6.18. The molecule has 0 aromatic carbocycles. The number of nitrogens with one attached hydrogen (secondary N) is 1. The fourth-order valence-corrected chi connectivity index (χ4v) is 4.20. The van der Waals surface area contributed by atoms with Gasteiger partial charge in [0.25, 0.3) is 0 Å². The zero-order chi connectivity index (χ0) is 23.5. The van der Waals surface area contributed by atoms with Crippen LogP contribution in [-0.4, -0.2) is 60.7 Å². The van der Waals surface area contributed by atoms with E-state index in [2.05, 4.69) is 44.3 Å². The van der Waals surface area contributed by atoms with Crippen molar-refractivity contribution in [1.82, 2.24) is 34.8 Å². The van der Waals surface area contributed by atoms with Gasteiger partial charge in [0, 0.05) is 49.7 Å². The lowest BCUT2D eigenvalue weighted by molar-refractivity contribution is 0.280. The first-order valence-corrected chi connectivity index (χ1v) is 11.8. The Hall–Kier alpha value is -3.46. The van der Waals surface area contributed by atoms with Gasteiger partial charge >= 0.3 is 0 Å². The molecule has 176 valence electrons. The van der Waals surface area contributed by atoms with Crippen molar-refractivity contribution in [2.75, 3.05) is 25.0 Å². The third kappa shape index (κ3) is 5.20. The number of rotatable bonds is 8. The highest BCUT2D eigenvalue weighted by atomic mass is 19.1. The van der Waals surface area contributed by atoms with Gasteiger partial charge in [-0.25, -0.2) is 9.37 Å². The van der Waals surface area contributed by atoms with Gasteiger partial charge in [-0.2, -0.15) is 10.2 Å². The number of likely N-dealkylation sites (tertiary alicyclic amines) is 1. The Morgan fingerprint density at radius 1 is 1.06 bits per heavy atom. The lowest BCUT2D eigenvalue weighted by Gasteiger charge is -2.13. The highest BCUT2D eigenvalue weighted by molar-refractivity contribution is 5.81. The average molecular weight is 461 g/mol. The van der Waals surface area contributed by atoms with Gasteiger partial charge < -0.3 is 10.2 Å². The van der Waals surface area contributed by atoms with Crippen molar-refractivity contribution >= 4 is 22.7 Å². The number of pyridine rings is 2. The number of alkyl halides is 1. The highest BCUT2D eigenvalue weighted by Gasteiger charge is 2.20. The van der Waals surface area contributed by atoms with Crippen LogP contribution in [0.25, 0.3) is 22.2 Å². The Morgan fingerprint density at radius 3 is 2.79 bits per heavy atom. The van der Waals surface area contributed by atoms with Crippen molar-refractivity contribution in [3.63, 3.8) is 0 Å². The molecule has 0 saturated carbocycles. The summed E-state index contributed by atoms with van der Waals surface area (Å²) in [5.74, 6) is 1.73. The monoisotopic (exact) mass is 460 g/mol. The third-order valence-corrected chi connectivity index (χ3v) is 6.18. The zero-order valence-corrected chi connectivity index (χ0v) is 19.5. The minimum Gasteiger partial charge on any atom is -0.323 e. The summed E-state index contributed by atoms with van der Waals surface area (Å²) >= 11 is 0. The van der Waals surface area contributed by atoms with Gasteiger partial charge in [-0.05, 0) is 48.6 Å². The van der Waals surface area contributed by atoms with Crippen molar-refractivity contribution in [2.24, 2.45) is 0 Å². The molecule has 0 aliphatic carbocycles. The number of fused-ring (bicyclic) bond motifs is 1. The molecule has 5 rings (SSSR count). The second kappa shape index (κ2) is 9.80. The minimum atomic E-state index is -0.667. The Balaban J connectivity index is 1.27. The van der Waals surface area contributed by atoms with E-state index in [4.69, 9.17) is 4.98 Å². The van der Waals surface area contributed by atoms with Gasteiger partial charge in [0.1, 0.15) is 12.0 Å². The molecule has 0 amide bonds. The quantitative estimate of drug-likeness (QED) is 0.412. The SMILES string of the molecule is CC(C)c1cnnc(Nc2ccc3ncc(-c4cnn(CCCN5CC[C@@H](F)C5)c4)cc3n2)c1. The summed E-state index contributed by atoms with van der Waals surface area (Å²) in [6.45, 7) is 7.37. The lowest BCUT2D eigenvalue weighted by Crippen LogP contribution is -2.23. The van der Waals surface area contributed by atoms with Crippen LogP contribution in [0.3, 0.4) is 0 Å². The molecule has 4 aromatic heterocycles. The molecular formula is C25H29FN8. The Labute approximate surface area is 198 Å². The van der Waals surface area contributed by atoms with E-state index in [-0.39, 0.29) is 0 Å². The summed E-state index contributed by atoms with van der Waals surface area (Å²) in [6.07, 6.45) is 8.45. The number of hydrogen-bond donors (Lipinski definition) is 1. The first kappa shape index (κ1) is 22.3. The van der Waals surface area contributed by atoms with Crippen LogP contribution in [-0.2, 0) is 6.54 Å². The summed E-state index contributed by atoms with van der Waals surface area (Å²) in [7, 11) is 0. The summed E-state index contributed by atoms with van der Waals surface area (Å²) in [5.41, 5.74) is 4.68. The van der Waals surface area contributed by atoms with Crippen molar-refractivity contribution in [3.8, 4) is 11.1 Å². The number of anilines is 2. The van der Waals surface area contributed by atoms with Crippen molar-refractivity contribution in [1.29, 1.82) is 0 Å². The van der Waals surface area contributed by atoms with E-state index in [1.54, 1.807) is 6.20 Å². The van der Waals surface area contributed by atoms with E-state index < -0.39 is 6.17 Å². The van der Waals surface area contributed by atoms with Gasteiger partial charge in [-0.1, -0.05) is 13.8 Å². The predicted octanol–water partition coefficient (Wildman–Crippen LogP) is 4.58. The van der Waals surface area contributed by atoms with E-state index in [9.17, 15) is 4.39 Å². The maximum atomic E-state index is 13.3. The molecule has 0 unspecified atom stereocenters. The van der Waals surface area contributed by atoms with E-state index in [0.717, 1.165) is 53.8 Å². The second-order valence-electron chi connectivity index (χ2n) is 9.14. The Morgan fingerprint density at radius 2 is 1.97 bits per heavy atom. The van der Waals surface area contributed by atoms with Crippen LogP contribution in [0, 0.1) is 0 Å². The van der Waals surface area contributed by atoms with Crippen molar-refractivity contribution in [3.05, 3.63) is 54.6 Å². The molecule has 8 nitrogen and oxygen atoms in total. The van der Waals surface area contributed by atoms with Gasteiger partial charge in [0.2, 0.25) is 0 Å². The van der Waals surface area contributed by atoms with E-state index in [0.29, 0.717) is 30.5 Å². The van der Waals surface area contributed by atoms with Crippen LogP contribution in [0.15, 0.2) is 49.1 Å². The number of hydrogen-bond acceptors (Lipinski definition) is 7. The van der Waals surface area contributed by atoms with E-state index in [1.807, 2.05) is 47.5 Å². The van der Waals surface area contributed by atoms with Crippen LogP contribution in [0.4, 0.5) is 16.0 Å². The van der Waals surface area contributed by atoms with Crippen LogP contribution in [0.5, 0.6) is 0 Å². The molecule has 5 heterocycles. The molecule has 34 heavy (non-hydrogen) atoms. The first-order chi connectivity index (χ1) is 16.5. The molecule has 0 radical (unpaired) electrons. The molecular weight excluding hydrogens is 431 g/mol. The summed E-state index contributed by atoms with van der Waals surface area (Å²) in [4.78, 5) is 11.5. The smallest absolute Gasteiger partial charge is 0.154 e. The molecule has 4 aromatic rings. The van der Waals surface area contributed by atoms with Gasteiger partial charge in [-0.3, -0.25) is 9.67 Å². The van der Waals surface area contributed by atoms with Crippen LogP contribution in [0.2, 0.25) is 0 Å². The van der Waals surface area contributed by atoms with E-state index in [1.165, 1.54) is 0 Å². The summed E-state index contributed by atoms with van der Waals surface area (Å²) < 4.78 is 15.3. The van der Waals surface area contributed by atoms with Crippen molar-refractivity contribution < 1.29 is 4.39 Å². The molecule has 0 bridgehead atoms. The molecule has 1 saturated heterocycles. The molecule has 1 aliphatic rings. The second-order valence-corrected chi connectivity index (χ2v) is 9.14. The van der Waals surface area contributed by atoms with Crippen molar-refractivity contribution in [2.45, 2.75) is 45.3 Å². The van der Waals surface area contributed by atoms with Crippen LogP contribution >= 0.6 is 0 Å². The van der Waals surface area contributed by atoms with Gasteiger partial charge in [-0.15, -0.1) is 5.10 Å². The number of halogens is 1. The number of aryl methyl sites for hydroxylation is 1. The fraction of sp³-hybridized carbons (Fsp3) is 0.400. The normalized spacial score (nSPS) is 16.5. The minimum absolute atomic E-state index is 0.371. The predicted molar refractivity (Wildman–Crippen MR) is 131 cm³/mol. The Kier molecular flexibility index (Phi) is 6.44. The molecule has 0 spiro atoms. The summed E-state index contributed by atoms with van der Waals surface area (Å²) in [6, 6.07) is 7.85. The molecule has 1 fully saturated rings. The van der Waals surface area contributed by atoms with Crippen LogP contribution in [0.1, 0.15) is 38.2 Å². The number of aromatic nitrogens is 6. The Bertz CT molecular complexity index is 1270. The topological polar surface area (TPSA) is 84.7 Å². The molecule has 1 atom stereocenters. The largest absolute Gasteiger partial charge is 0.323 e. The lowest BCUT2D eigenvalue weighted by atomic mass is 10.1. The molecule has 1 aliphatic heterocycles. The maximum absolute atomic E-state index is 13.3. The standard InChI is InChI=1S/C25H29FN8/c1-17(2)18-11-25(32-28-13-18)31-24-5-4-22-23(30-24)10-19(12-27-22)20-14-29-34(15-20)8-3-7-33-9-6-21(26)16-33/h4-5,10-15,17,21H,3,6-9,16H2,1-2H3,(H,30,31,32)/t21-/m1/s1. The van der Waals surface area contributed by atoms with Gasteiger partial charge in [0.15, 0.2) is 5.82 Å². The number of nitrogens with zero attached hydrogens (tertiary/aromatic N) is 7. The highest BCUT2D eigenvalue weighted by Crippen LogP contribution is 2.24. The summed E-state index contributed by atoms with van der Waals surface area (Å²) in [5, 5.41) is 16.0. The molecule has 1 N–H and O–H groups in total. The fourth-order valence-electron chi connectivity index (χ4n) is 4.20. The first-order valence-electron chi connectivity index (χ1n) is 11.8.